The minimum absolute atomic E-state index is 0.589. The third kappa shape index (κ3) is 3.46. The number of hydrogen-bond acceptors (Lipinski definition) is 1. The summed E-state index contributed by atoms with van der Waals surface area (Å²) >= 11 is 0. The maximum Gasteiger partial charge on any atom is 0.109 e. The van der Waals surface area contributed by atoms with Crippen LogP contribution in [0, 0.1) is 0 Å². The van der Waals surface area contributed by atoms with Crippen molar-refractivity contribution < 1.29 is 0 Å². The predicted molar refractivity (Wildman–Crippen MR) is 50.9 cm³/mol. The van der Waals surface area contributed by atoms with Gasteiger partial charge in [-0.2, -0.15) is 0 Å². The zero-order valence-corrected chi connectivity index (χ0v) is 7.97. The zero-order valence-electron chi connectivity index (χ0n) is 7.16. The smallest absolute Gasteiger partial charge is 0.109 e. The average Bonchev–Trinajstić information content (AvgIpc) is 2.39. The van der Waals surface area contributed by atoms with Crippen LogP contribution in [0.2, 0.25) is 0 Å². The van der Waals surface area contributed by atoms with Gasteiger partial charge < -0.3 is 4.57 Å². The molecule has 0 bridgehead atoms. The maximum absolute atomic E-state index is 3.99. The van der Waals surface area contributed by atoms with Crippen molar-refractivity contribution in [3.63, 3.8) is 0 Å². The van der Waals surface area contributed by atoms with Gasteiger partial charge in [0.1, 0.15) is 5.75 Å². The van der Waals surface area contributed by atoms with Gasteiger partial charge >= 0.3 is 0 Å². The molecule has 1 heterocycles. The van der Waals surface area contributed by atoms with E-state index in [9.17, 15) is 0 Å². The lowest BCUT2D eigenvalue weighted by Crippen LogP contribution is -2.05. The second-order valence-electron chi connectivity index (χ2n) is 2.84. The first-order valence-corrected chi connectivity index (χ1v) is 6.00. The Labute approximate surface area is 71.0 Å². The third-order valence-corrected chi connectivity index (χ3v) is 2.63. The van der Waals surface area contributed by atoms with Crippen LogP contribution < -0.4 is 0 Å². The van der Waals surface area contributed by atoms with E-state index in [4.69, 9.17) is 0 Å². The second kappa shape index (κ2) is 4.44. The molecule has 2 nitrogen and oxygen atoms in total. The fourth-order valence-electron chi connectivity index (χ4n) is 0.955. The first-order chi connectivity index (χ1) is 5.29. The highest BCUT2D eigenvalue weighted by Gasteiger charge is 2.00. The number of aryl methyl sites for hydroxylation is 1. The molecule has 0 saturated carbocycles. The Morgan fingerprint density at radius 2 is 2.27 bits per heavy atom. The number of rotatable bonds is 4. The fraction of sp³-hybridized carbons (Fsp3) is 0.625. The van der Waals surface area contributed by atoms with E-state index < -0.39 is 0 Å². The van der Waals surface area contributed by atoms with Gasteiger partial charge in [0.05, 0.1) is 18.8 Å². The van der Waals surface area contributed by atoms with Crippen LogP contribution in [0.1, 0.15) is 6.42 Å². The molecule has 0 spiro atoms. The normalized spacial score (nSPS) is 10.8. The van der Waals surface area contributed by atoms with Crippen LogP contribution in [0.25, 0.3) is 0 Å². The zero-order chi connectivity index (χ0) is 8.10. The van der Waals surface area contributed by atoms with Gasteiger partial charge in [-0.05, 0) is 10.9 Å². The molecule has 62 valence electrons. The van der Waals surface area contributed by atoms with E-state index in [1.165, 1.54) is 12.2 Å². The minimum Gasteiger partial charge on any atom is -0.337 e. The van der Waals surface area contributed by atoms with Crippen molar-refractivity contribution in [1.82, 2.24) is 9.55 Å². The van der Waals surface area contributed by atoms with Crippen LogP contribution in [-0.2, 0) is 17.4 Å². The molecule has 0 aliphatic carbocycles. The van der Waals surface area contributed by atoms with Crippen LogP contribution in [0.5, 0.6) is 0 Å². The van der Waals surface area contributed by atoms with E-state index in [2.05, 4.69) is 22.1 Å². The first kappa shape index (κ1) is 8.65. The van der Waals surface area contributed by atoms with Crippen molar-refractivity contribution in [3.05, 3.63) is 18.7 Å². The van der Waals surface area contributed by atoms with Gasteiger partial charge in [-0.15, -0.1) is 0 Å². The van der Waals surface area contributed by atoms with Gasteiger partial charge in [0.25, 0.3) is 0 Å². The molecule has 0 radical (unpaired) electrons. The maximum atomic E-state index is 3.99. The van der Waals surface area contributed by atoms with E-state index >= 15 is 0 Å². The molecule has 1 aromatic heterocycles. The predicted octanol–water partition coefficient (Wildman–Crippen LogP) is 1.15. The summed E-state index contributed by atoms with van der Waals surface area (Å²) in [6.45, 7) is 1.12. The third-order valence-electron chi connectivity index (χ3n) is 1.53. The van der Waals surface area contributed by atoms with Gasteiger partial charge in [-0.3, -0.25) is 0 Å². The topological polar surface area (TPSA) is 17.8 Å². The summed E-state index contributed by atoms with van der Waals surface area (Å²) in [5.74, 6) is 1.33. The fourth-order valence-corrected chi connectivity index (χ4v) is 1.66. The molecule has 0 atom stereocenters. The summed E-state index contributed by atoms with van der Waals surface area (Å²) in [4.78, 5) is 3.99. The Morgan fingerprint density at radius 3 is 2.82 bits per heavy atom. The highest BCUT2D eigenvalue weighted by Crippen LogP contribution is 1.94. The summed E-state index contributed by atoms with van der Waals surface area (Å²) in [7, 11) is 0.589. The number of aromatic nitrogens is 2. The summed E-state index contributed by atoms with van der Waals surface area (Å²) in [6, 6.07) is 0. The molecule has 0 N–H and O–H groups in total. The first-order valence-electron chi connectivity index (χ1n) is 3.79. The van der Waals surface area contributed by atoms with Gasteiger partial charge in [0.15, 0.2) is 0 Å². The molecule has 0 unspecified atom stereocenters. The molecule has 11 heavy (non-hydrogen) atoms. The molecular weight excluding hydrogens is 156 g/mol. The lowest BCUT2D eigenvalue weighted by molar-refractivity contribution is 0.682. The standard InChI is InChI=1S/C8H15N2S/c1-11(2)7-3-5-10-6-4-9-8-10/h4,6,8H,3,5,7H2,1-2H3/q+1. The number of nitrogens with zero attached hydrogens (tertiary/aromatic N) is 2. The molecule has 1 aromatic rings. The summed E-state index contributed by atoms with van der Waals surface area (Å²) in [5.41, 5.74) is 0. The lowest BCUT2D eigenvalue weighted by atomic mass is 10.5. The van der Waals surface area contributed by atoms with Gasteiger partial charge in [-0.1, -0.05) is 0 Å². The van der Waals surface area contributed by atoms with E-state index in [1.54, 1.807) is 0 Å². The Balaban J connectivity index is 2.14. The van der Waals surface area contributed by atoms with Crippen LogP contribution in [0.4, 0.5) is 0 Å². The van der Waals surface area contributed by atoms with Crippen LogP contribution in [0.15, 0.2) is 18.7 Å². The van der Waals surface area contributed by atoms with E-state index in [0.717, 1.165) is 6.54 Å². The SMILES string of the molecule is C[S+](C)CCCn1ccnc1. The molecule has 3 heteroatoms. The number of imidazole rings is 1. The number of hydrogen-bond donors (Lipinski definition) is 0. The van der Waals surface area contributed by atoms with Crippen molar-refractivity contribution in [2.24, 2.45) is 0 Å². The van der Waals surface area contributed by atoms with Crippen molar-refractivity contribution in [2.45, 2.75) is 13.0 Å². The molecule has 0 saturated heterocycles. The van der Waals surface area contributed by atoms with Crippen molar-refractivity contribution in [1.29, 1.82) is 0 Å². The Bertz CT molecular complexity index is 182. The Kier molecular flexibility index (Phi) is 3.49. The van der Waals surface area contributed by atoms with E-state index in [1.807, 2.05) is 18.7 Å². The molecular formula is C8H15N2S+. The van der Waals surface area contributed by atoms with Gasteiger partial charge in [-0.25, -0.2) is 4.98 Å². The highest BCUT2D eigenvalue weighted by molar-refractivity contribution is 7.95. The quantitative estimate of drug-likeness (QED) is 0.621. The molecule has 1 rings (SSSR count). The molecule has 0 aliphatic rings. The van der Waals surface area contributed by atoms with Crippen molar-refractivity contribution >= 4 is 10.9 Å². The van der Waals surface area contributed by atoms with Crippen LogP contribution >= 0.6 is 0 Å². The monoisotopic (exact) mass is 171 g/mol. The molecule has 0 amide bonds. The largest absolute Gasteiger partial charge is 0.337 e. The Hall–Kier alpha value is -0.440. The Morgan fingerprint density at radius 1 is 1.45 bits per heavy atom. The van der Waals surface area contributed by atoms with Crippen LogP contribution in [-0.4, -0.2) is 27.8 Å². The van der Waals surface area contributed by atoms with E-state index in [-0.39, 0.29) is 0 Å². The van der Waals surface area contributed by atoms with Gasteiger partial charge in [0.2, 0.25) is 0 Å². The minimum atomic E-state index is 0.589. The average molecular weight is 171 g/mol. The second-order valence-corrected chi connectivity index (χ2v) is 5.22. The van der Waals surface area contributed by atoms with Gasteiger partial charge in [0, 0.05) is 25.4 Å². The van der Waals surface area contributed by atoms with E-state index in [0.29, 0.717) is 10.9 Å². The molecule has 0 fully saturated rings. The summed E-state index contributed by atoms with van der Waals surface area (Å²) in [6.07, 6.45) is 11.6. The molecule has 0 aliphatic heterocycles. The van der Waals surface area contributed by atoms with Crippen LogP contribution in [0.3, 0.4) is 0 Å². The summed E-state index contributed by atoms with van der Waals surface area (Å²) < 4.78 is 2.13. The van der Waals surface area contributed by atoms with Crippen molar-refractivity contribution in [2.75, 3.05) is 18.3 Å². The van der Waals surface area contributed by atoms with Crippen molar-refractivity contribution in [3.8, 4) is 0 Å². The molecule has 0 aromatic carbocycles. The lowest BCUT2D eigenvalue weighted by Gasteiger charge is -1.99. The highest BCUT2D eigenvalue weighted by atomic mass is 32.2. The summed E-state index contributed by atoms with van der Waals surface area (Å²) in [5, 5.41) is 0.